The van der Waals surface area contributed by atoms with Crippen LogP contribution < -0.4 is 0 Å². The predicted molar refractivity (Wildman–Crippen MR) is 118 cm³/mol. The van der Waals surface area contributed by atoms with Crippen LogP contribution in [0.1, 0.15) is 24.9 Å². The molecule has 0 saturated carbocycles. The fourth-order valence-corrected chi connectivity index (χ4v) is 4.88. The second-order valence-corrected chi connectivity index (χ2v) is 8.24. The van der Waals surface area contributed by atoms with Gasteiger partial charge in [0.2, 0.25) is 5.91 Å². The van der Waals surface area contributed by atoms with Crippen molar-refractivity contribution < 1.29 is 24.0 Å². The molecule has 32 heavy (non-hydrogen) atoms. The molecule has 3 heterocycles. The molecule has 11 heteroatoms. The first-order valence-corrected chi connectivity index (χ1v) is 10.9. The van der Waals surface area contributed by atoms with E-state index in [9.17, 15) is 19.7 Å². The number of thioether (sulfide) groups is 1. The summed E-state index contributed by atoms with van der Waals surface area (Å²) in [5, 5.41) is 13.6. The highest BCUT2D eigenvalue weighted by molar-refractivity contribution is 8.16. The molecule has 0 aromatic heterocycles. The number of methoxy groups -OCH3 is 1. The Bertz CT molecular complexity index is 1040. The summed E-state index contributed by atoms with van der Waals surface area (Å²) in [5.41, 5.74) is 2.16. The highest BCUT2D eigenvalue weighted by atomic mass is 32.2. The number of hydrogen-bond acceptors (Lipinski definition) is 9. The summed E-state index contributed by atoms with van der Waals surface area (Å²) < 4.78 is 10.3. The van der Waals surface area contributed by atoms with E-state index in [4.69, 9.17) is 9.47 Å². The summed E-state index contributed by atoms with van der Waals surface area (Å²) in [5.74, 6) is -0.570. The number of benzene rings is 1. The van der Waals surface area contributed by atoms with Crippen LogP contribution in [0.3, 0.4) is 0 Å². The lowest BCUT2D eigenvalue weighted by atomic mass is 9.93. The maximum atomic E-state index is 12.9. The molecule has 1 amide bonds. The highest BCUT2D eigenvalue weighted by Gasteiger charge is 2.41. The van der Waals surface area contributed by atoms with Crippen LogP contribution in [0.5, 0.6) is 0 Å². The SMILES string of the molecule is COC(=O)C1=C(C)N=C2SC=C(CC(=O)N3CCOCC3)N2C1c1ccc([N+](=O)[O-])cc1. The minimum atomic E-state index is -0.616. The highest BCUT2D eigenvalue weighted by Crippen LogP contribution is 2.45. The molecule has 3 aliphatic rings. The number of morpholine rings is 1. The van der Waals surface area contributed by atoms with Gasteiger partial charge < -0.3 is 19.3 Å². The van der Waals surface area contributed by atoms with E-state index in [1.54, 1.807) is 24.0 Å². The number of allylic oxidation sites excluding steroid dienone is 1. The van der Waals surface area contributed by atoms with Crippen molar-refractivity contribution >= 4 is 34.5 Å². The number of carbonyl (C=O) groups is 2. The lowest BCUT2D eigenvalue weighted by Crippen LogP contribution is -2.42. The average Bonchev–Trinajstić information content (AvgIpc) is 3.20. The van der Waals surface area contributed by atoms with Crippen molar-refractivity contribution in [3.05, 3.63) is 62.3 Å². The number of non-ortho nitro benzene ring substituents is 1. The molecule has 0 aliphatic carbocycles. The molecule has 1 atom stereocenters. The molecule has 1 fully saturated rings. The molecule has 3 aliphatic heterocycles. The number of nitrogens with zero attached hydrogens (tertiary/aromatic N) is 4. The smallest absolute Gasteiger partial charge is 0.338 e. The topological polar surface area (TPSA) is 115 Å². The summed E-state index contributed by atoms with van der Waals surface area (Å²) in [7, 11) is 1.30. The standard InChI is InChI=1S/C21H22N4O6S/c1-13-18(20(27)30-2)19(14-3-5-15(6-4-14)25(28)29)24-16(12-32-21(24)22-13)11-17(26)23-7-9-31-10-8-23/h3-6,12,19H,7-11H2,1-2H3. The van der Waals surface area contributed by atoms with Gasteiger partial charge in [-0.2, -0.15) is 0 Å². The largest absolute Gasteiger partial charge is 0.466 e. The van der Waals surface area contributed by atoms with Gasteiger partial charge in [0, 0.05) is 30.9 Å². The number of fused-ring (bicyclic) bond motifs is 1. The van der Waals surface area contributed by atoms with Crippen molar-refractivity contribution in [2.75, 3.05) is 33.4 Å². The van der Waals surface area contributed by atoms with Gasteiger partial charge in [-0.3, -0.25) is 14.9 Å². The van der Waals surface area contributed by atoms with Gasteiger partial charge in [-0.1, -0.05) is 11.8 Å². The minimum absolute atomic E-state index is 0.0326. The van der Waals surface area contributed by atoms with Crippen molar-refractivity contribution in [1.29, 1.82) is 0 Å². The number of hydrogen-bond donors (Lipinski definition) is 0. The number of esters is 1. The summed E-state index contributed by atoms with van der Waals surface area (Å²) >= 11 is 1.38. The average molecular weight is 458 g/mol. The van der Waals surface area contributed by atoms with Gasteiger partial charge in [-0.15, -0.1) is 0 Å². The molecule has 1 saturated heterocycles. The maximum Gasteiger partial charge on any atom is 0.338 e. The van der Waals surface area contributed by atoms with Crippen molar-refractivity contribution in [3.63, 3.8) is 0 Å². The van der Waals surface area contributed by atoms with Crippen LogP contribution in [-0.2, 0) is 19.1 Å². The van der Waals surface area contributed by atoms with Crippen LogP contribution in [0.25, 0.3) is 0 Å². The van der Waals surface area contributed by atoms with Gasteiger partial charge in [0.15, 0.2) is 5.17 Å². The van der Waals surface area contributed by atoms with Gasteiger partial charge in [-0.25, -0.2) is 9.79 Å². The first-order valence-electron chi connectivity index (χ1n) is 10.0. The van der Waals surface area contributed by atoms with Crippen molar-refractivity contribution in [2.45, 2.75) is 19.4 Å². The summed E-state index contributed by atoms with van der Waals surface area (Å²) in [6, 6.07) is 5.42. The predicted octanol–water partition coefficient (Wildman–Crippen LogP) is 2.59. The summed E-state index contributed by atoms with van der Waals surface area (Å²) in [6.07, 6.45) is 0.142. The molecule has 1 aromatic carbocycles. The van der Waals surface area contributed by atoms with E-state index >= 15 is 0 Å². The Balaban J connectivity index is 1.69. The Labute approximate surface area is 188 Å². The van der Waals surface area contributed by atoms with Crippen LogP contribution >= 0.6 is 11.8 Å². The van der Waals surface area contributed by atoms with E-state index in [0.29, 0.717) is 54.0 Å². The molecular formula is C21H22N4O6S. The first-order chi connectivity index (χ1) is 15.4. The van der Waals surface area contributed by atoms with Gasteiger partial charge in [0.05, 0.1) is 49.0 Å². The Kier molecular flexibility index (Phi) is 6.28. The van der Waals surface area contributed by atoms with E-state index < -0.39 is 16.9 Å². The van der Waals surface area contributed by atoms with Crippen LogP contribution in [0, 0.1) is 10.1 Å². The van der Waals surface area contributed by atoms with Crippen molar-refractivity contribution in [3.8, 4) is 0 Å². The van der Waals surface area contributed by atoms with Crippen molar-refractivity contribution in [1.82, 2.24) is 9.80 Å². The number of nitro groups is 1. The van der Waals surface area contributed by atoms with Crippen LogP contribution in [0.4, 0.5) is 5.69 Å². The molecular weight excluding hydrogens is 436 g/mol. The summed E-state index contributed by atoms with van der Waals surface area (Å²) in [6.45, 7) is 3.83. The zero-order valence-electron chi connectivity index (χ0n) is 17.6. The number of aliphatic imine (C=N–C) groups is 1. The quantitative estimate of drug-likeness (QED) is 0.376. The Morgan fingerprint density at radius 3 is 2.59 bits per heavy atom. The van der Waals surface area contributed by atoms with Gasteiger partial charge in [0.25, 0.3) is 5.69 Å². The second-order valence-electron chi connectivity index (χ2n) is 7.40. The van der Waals surface area contributed by atoms with E-state index in [2.05, 4.69) is 4.99 Å². The lowest BCUT2D eigenvalue weighted by molar-refractivity contribution is -0.384. The van der Waals surface area contributed by atoms with Gasteiger partial charge in [0.1, 0.15) is 0 Å². The van der Waals surface area contributed by atoms with E-state index in [-0.39, 0.29) is 18.0 Å². The Hall–Kier alpha value is -3.18. The van der Waals surface area contributed by atoms with E-state index in [1.807, 2.05) is 10.3 Å². The fourth-order valence-electron chi connectivity index (χ4n) is 3.91. The zero-order chi connectivity index (χ0) is 22.8. The molecule has 1 unspecified atom stereocenters. The number of rotatable bonds is 5. The minimum Gasteiger partial charge on any atom is -0.466 e. The molecule has 0 bridgehead atoms. The fraction of sp³-hybridized carbons (Fsp3) is 0.381. The first kappa shape index (κ1) is 22.0. The van der Waals surface area contributed by atoms with Crippen LogP contribution in [-0.4, -0.2) is 65.2 Å². The third-order valence-corrected chi connectivity index (χ3v) is 6.41. The molecule has 168 valence electrons. The lowest BCUT2D eigenvalue weighted by Gasteiger charge is -2.36. The molecule has 10 nitrogen and oxygen atoms in total. The Morgan fingerprint density at radius 1 is 1.28 bits per heavy atom. The molecule has 1 aromatic rings. The number of amides is 1. The monoisotopic (exact) mass is 458 g/mol. The third-order valence-electron chi connectivity index (χ3n) is 5.52. The summed E-state index contributed by atoms with van der Waals surface area (Å²) in [4.78, 5) is 44.4. The third kappa shape index (κ3) is 4.13. The second kappa shape index (κ2) is 9.13. The van der Waals surface area contributed by atoms with Gasteiger partial charge in [-0.05, 0) is 30.0 Å². The molecule has 0 N–H and O–H groups in total. The number of amidine groups is 1. The molecule has 0 radical (unpaired) electrons. The molecule has 0 spiro atoms. The normalized spacial score (nSPS) is 20.5. The van der Waals surface area contributed by atoms with Gasteiger partial charge >= 0.3 is 5.97 Å². The number of ether oxygens (including phenoxy) is 2. The maximum absolute atomic E-state index is 12.9. The van der Waals surface area contributed by atoms with Crippen LogP contribution in [0.2, 0.25) is 0 Å². The number of carbonyl (C=O) groups excluding carboxylic acids is 2. The van der Waals surface area contributed by atoms with Crippen molar-refractivity contribution in [2.24, 2.45) is 4.99 Å². The van der Waals surface area contributed by atoms with E-state index in [1.165, 1.54) is 31.0 Å². The Morgan fingerprint density at radius 2 is 1.97 bits per heavy atom. The number of nitro benzene ring substituents is 1. The van der Waals surface area contributed by atoms with E-state index in [0.717, 1.165) is 0 Å². The zero-order valence-corrected chi connectivity index (χ0v) is 18.5. The molecule has 4 rings (SSSR count). The van der Waals surface area contributed by atoms with Crippen LogP contribution in [0.15, 0.2) is 51.6 Å².